The van der Waals surface area contributed by atoms with Crippen molar-refractivity contribution in [3.05, 3.63) is 34.9 Å². The maximum Gasteiger partial charge on any atom is 0.303 e. The molecule has 2 N–H and O–H groups in total. The molecule has 0 aromatic heterocycles. The summed E-state index contributed by atoms with van der Waals surface area (Å²) >= 11 is 5.86. The van der Waals surface area contributed by atoms with E-state index in [9.17, 15) is 14.4 Å². The van der Waals surface area contributed by atoms with Crippen molar-refractivity contribution in [2.24, 2.45) is 5.92 Å². The molecule has 0 bridgehead atoms. The predicted octanol–water partition coefficient (Wildman–Crippen LogP) is 2.95. The first-order valence-corrected chi connectivity index (χ1v) is 9.39. The fourth-order valence-corrected chi connectivity index (χ4v) is 3.21. The minimum atomic E-state index is -0.790. The van der Waals surface area contributed by atoms with E-state index in [1.54, 1.807) is 29.2 Å². The van der Waals surface area contributed by atoms with Crippen LogP contribution < -0.4 is 5.32 Å². The molecule has 1 fully saturated rings. The number of nitrogens with one attached hydrogen (secondary N) is 1. The first-order chi connectivity index (χ1) is 12.5. The van der Waals surface area contributed by atoms with Crippen molar-refractivity contribution in [3.63, 3.8) is 0 Å². The van der Waals surface area contributed by atoms with Gasteiger partial charge in [-0.3, -0.25) is 14.4 Å². The fourth-order valence-electron chi connectivity index (χ4n) is 3.08. The fraction of sp³-hybridized carbons (Fsp3) is 0.526. The lowest BCUT2D eigenvalue weighted by Crippen LogP contribution is -2.45. The number of amides is 2. The van der Waals surface area contributed by atoms with E-state index in [1.807, 2.05) is 0 Å². The molecule has 1 aromatic carbocycles. The third-order valence-corrected chi connectivity index (χ3v) is 4.79. The Morgan fingerprint density at radius 2 is 1.88 bits per heavy atom. The van der Waals surface area contributed by atoms with Crippen LogP contribution in [0.1, 0.15) is 48.9 Å². The first-order valence-electron chi connectivity index (χ1n) is 9.01. The van der Waals surface area contributed by atoms with E-state index in [-0.39, 0.29) is 24.2 Å². The van der Waals surface area contributed by atoms with Gasteiger partial charge in [0.2, 0.25) is 5.91 Å². The number of carbonyl (C=O) groups excluding carboxylic acids is 2. The monoisotopic (exact) mass is 380 g/mol. The SMILES string of the molecule is O=C(O)CCCCCNC(=O)C1CCCN(C(=O)c2ccc(Cl)cc2)C1. The van der Waals surface area contributed by atoms with Crippen LogP contribution >= 0.6 is 11.6 Å². The number of likely N-dealkylation sites (tertiary alicyclic amines) is 1. The van der Waals surface area contributed by atoms with Crippen LogP contribution in [0.4, 0.5) is 0 Å². The predicted molar refractivity (Wildman–Crippen MR) is 99.2 cm³/mol. The van der Waals surface area contributed by atoms with Crippen LogP contribution in [-0.4, -0.2) is 47.4 Å². The number of hydrogen-bond donors (Lipinski definition) is 2. The molecule has 0 saturated carbocycles. The number of carbonyl (C=O) groups is 3. The third kappa shape index (κ3) is 6.33. The maximum atomic E-state index is 12.6. The number of halogens is 1. The lowest BCUT2D eigenvalue weighted by molar-refractivity contribution is -0.137. The van der Waals surface area contributed by atoms with Gasteiger partial charge in [0.1, 0.15) is 0 Å². The zero-order chi connectivity index (χ0) is 18.9. The van der Waals surface area contributed by atoms with Gasteiger partial charge in [0.05, 0.1) is 5.92 Å². The second kappa shape index (κ2) is 10.2. The summed E-state index contributed by atoms with van der Waals surface area (Å²) in [5, 5.41) is 12.1. The Bertz CT molecular complexity index is 633. The second-order valence-corrected chi connectivity index (χ2v) is 7.03. The van der Waals surface area contributed by atoms with Crippen LogP contribution in [0.25, 0.3) is 0 Å². The van der Waals surface area contributed by atoms with E-state index in [2.05, 4.69) is 5.32 Å². The number of aliphatic carboxylic acids is 1. The Balaban J connectivity index is 1.76. The number of hydrogen-bond acceptors (Lipinski definition) is 3. The van der Waals surface area contributed by atoms with Crippen molar-refractivity contribution in [3.8, 4) is 0 Å². The lowest BCUT2D eigenvalue weighted by atomic mass is 9.96. The number of unbranched alkanes of at least 4 members (excludes halogenated alkanes) is 2. The van der Waals surface area contributed by atoms with Crippen LogP contribution in [0.15, 0.2) is 24.3 Å². The van der Waals surface area contributed by atoms with Crippen LogP contribution in [-0.2, 0) is 9.59 Å². The number of carboxylic acid groups (broad SMARTS) is 1. The maximum absolute atomic E-state index is 12.6. The second-order valence-electron chi connectivity index (χ2n) is 6.59. The molecule has 2 amide bonds. The molecular formula is C19H25ClN2O4. The van der Waals surface area contributed by atoms with Gasteiger partial charge in [-0.2, -0.15) is 0 Å². The van der Waals surface area contributed by atoms with Crippen molar-refractivity contribution in [1.82, 2.24) is 10.2 Å². The summed E-state index contributed by atoms with van der Waals surface area (Å²) in [7, 11) is 0. The van der Waals surface area contributed by atoms with Gasteiger partial charge in [0.25, 0.3) is 5.91 Å². The summed E-state index contributed by atoms with van der Waals surface area (Å²) in [4.78, 5) is 37.1. The highest BCUT2D eigenvalue weighted by Crippen LogP contribution is 2.20. The van der Waals surface area contributed by atoms with Gasteiger partial charge in [0, 0.05) is 36.6 Å². The van der Waals surface area contributed by atoms with Crippen LogP contribution in [0.5, 0.6) is 0 Å². The van der Waals surface area contributed by atoms with Crippen LogP contribution in [0.2, 0.25) is 5.02 Å². The van der Waals surface area contributed by atoms with Gasteiger partial charge < -0.3 is 15.3 Å². The van der Waals surface area contributed by atoms with Gasteiger partial charge in [-0.25, -0.2) is 0 Å². The Labute approximate surface area is 158 Å². The number of rotatable bonds is 8. The zero-order valence-electron chi connectivity index (χ0n) is 14.7. The van der Waals surface area contributed by atoms with Crippen LogP contribution in [0, 0.1) is 5.92 Å². The molecule has 0 spiro atoms. The molecular weight excluding hydrogens is 356 g/mol. The molecule has 1 aliphatic rings. The van der Waals surface area contributed by atoms with E-state index >= 15 is 0 Å². The van der Waals surface area contributed by atoms with Gasteiger partial charge in [-0.05, 0) is 49.9 Å². The number of benzene rings is 1. The Hall–Kier alpha value is -2.08. The van der Waals surface area contributed by atoms with Gasteiger partial charge in [0.15, 0.2) is 0 Å². The normalized spacial score (nSPS) is 17.0. The summed E-state index contributed by atoms with van der Waals surface area (Å²) in [5.74, 6) is -1.09. The highest BCUT2D eigenvalue weighted by molar-refractivity contribution is 6.30. The number of nitrogens with zero attached hydrogens (tertiary/aromatic N) is 1. The minimum Gasteiger partial charge on any atom is -0.481 e. The lowest BCUT2D eigenvalue weighted by Gasteiger charge is -2.32. The van der Waals surface area contributed by atoms with E-state index in [1.165, 1.54) is 0 Å². The van der Waals surface area contributed by atoms with Crippen molar-refractivity contribution in [2.75, 3.05) is 19.6 Å². The summed E-state index contributed by atoms with van der Waals surface area (Å²) < 4.78 is 0. The molecule has 2 rings (SSSR count). The summed E-state index contributed by atoms with van der Waals surface area (Å²) in [6.45, 7) is 1.62. The number of carboxylic acids is 1. The van der Waals surface area contributed by atoms with Crippen molar-refractivity contribution in [1.29, 1.82) is 0 Å². The van der Waals surface area contributed by atoms with E-state index in [0.29, 0.717) is 36.6 Å². The first kappa shape index (κ1) is 20.2. The molecule has 1 atom stereocenters. The molecule has 1 saturated heterocycles. The van der Waals surface area contributed by atoms with Crippen LogP contribution in [0.3, 0.4) is 0 Å². The highest BCUT2D eigenvalue weighted by Gasteiger charge is 2.28. The molecule has 0 radical (unpaired) electrons. The molecule has 1 heterocycles. The van der Waals surface area contributed by atoms with Gasteiger partial charge in [-0.15, -0.1) is 0 Å². The molecule has 142 valence electrons. The van der Waals surface area contributed by atoms with Crippen molar-refractivity contribution < 1.29 is 19.5 Å². The van der Waals surface area contributed by atoms with E-state index in [0.717, 1.165) is 25.7 Å². The third-order valence-electron chi connectivity index (χ3n) is 4.54. The summed E-state index contributed by atoms with van der Waals surface area (Å²) in [6, 6.07) is 6.78. The quantitative estimate of drug-likeness (QED) is 0.679. The smallest absolute Gasteiger partial charge is 0.303 e. The highest BCUT2D eigenvalue weighted by atomic mass is 35.5. The topological polar surface area (TPSA) is 86.7 Å². The Kier molecular flexibility index (Phi) is 7.91. The van der Waals surface area contributed by atoms with E-state index in [4.69, 9.17) is 16.7 Å². The molecule has 7 heteroatoms. The summed E-state index contributed by atoms with van der Waals surface area (Å²) in [6.07, 6.45) is 3.90. The van der Waals surface area contributed by atoms with E-state index < -0.39 is 5.97 Å². The van der Waals surface area contributed by atoms with Crippen molar-refractivity contribution >= 4 is 29.4 Å². The zero-order valence-corrected chi connectivity index (χ0v) is 15.5. The van der Waals surface area contributed by atoms with Crippen molar-refractivity contribution in [2.45, 2.75) is 38.5 Å². The molecule has 1 unspecified atom stereocenters. The summed E-state index contributed by atoms with van der Waals surface area (Å²) in [5.41, 5.74) is 0.578. The average molecular weight is 381 g/mol. The minimum absolute atomic E-state index is 0.0307. The Morgan fingerprint density at radius 1 is 1.15 bits per heavy atom. The molecule has 6 nitrogen and oxygen atoms in total. The number of piperidine rings is 1. The van der Waals surface area contributed by atoms with Gasteiger partial charge >= 0.3 is 5.97 Å². The largest absolute Gasteiger partial charge is 0.481 e. The Morgan fingerprint density at radius 3 is 2.58 bits per heavy atom. The molecule has 26 heavy (non-hydrogen) atoms. The molecule has 0 aliphatic carbocycles. The molecule has 1 aliphatic heterocycles. The molecule has 1 aromatic rings. The standard InChI is InChI=1S/C19H25ClN2O4/c20-16-9-7-14(8-10-16)19(26)22-12-4-5-15(13-22)18(25)21-11-3-1-2-6-17(23)24/h7-10,15H,1-6,11-13H2,(H,21,25)(H,23,24). The van der Waals surface area contributed by atoms with Gasteiger partial charge in [-0.1, -0.05) is 18.0 Å². The average Bonchev–Trinajstić information content (AvgIpc) is 2.64.